The fourth-order valence-corrected chi connectivity index (χ4v) is 1.48. The van der Waals surface area contributed by atoms with Crippen molar-refractivity contribution in [1.29, 1.82) is 0 Å². The molecule has 2 heteroatoms. The van der Waals surface area contributed by atoms with Crippen molar-refractivity contribution in [2.75, 3.05) is 0 Å². The average Bonchev–Trinajstić information content (AvgIpc) is 2.58. The summed E-state index contributed by atoms with van der Waals surface area (Å²) < 4.78 is 0. The van der Waals surface area contributed by atoms with Crippen molar-refractivity contribution in [3.63, 3.8) is 0 Å². The van der Waals surface area contributed by atoms with Crippen LogP contribution in [0.5, 0.6) is 0 Å². The lowest BCUT2D eigenvalue weighted by atomic mass is 10.1. The molecule has 0 radical (unpaired) electrons. The van der Waals surface area contributed by atoms with E-state index in [-0.39, 0.29) is 10.9 Å². The smallest absolute Gasteiger partial charge is 0.179 e. The fraction of sp³-hybridized carbons (Fsp3) is 0. The van der Waals surface area contributed by atoms with Crippen molar-refractivity contribution in [1.82, 2.24) is 0 Å². The van der Waals surface area contributed by atoms with Gasteiger partial charge in [-0.1, -0.05) is 36.4 Å². The van der Waals surface area contributed by atoms with Crippen LogP contribution in [-0.4, -0.2) is 0 Å². The Morgan fingerprint density at radius 1 is 0.562 bits per heavy atom. The van der Waals surface area contributed by atoms with E-state index in [9.17, 15) is 9.59 Å². The summed E-state index contributed by atoms with van der Waals surface area (Å²) in [4.78, 5) is 22.7. The summed E-state index contributed by atoms with van der Waals surface area (Å²) in [5.74, 6) is 0. The molecule has 2 aromatic carbocycles. The van der Waals surface area contributed by atoms with Crippen LogP contribution >= 0.6 is 0 Å². The molecule has 0 bridgehead atoms. The minimum Gasteiger partial charge on any atom is -0.290 e. The van der Waals surface area contributed by atoms with Crippen molar-refractivity contribution in [2.24, 2.45) is 0 Å². The minimum atomic E-state index is -0.0704. The minimum absolute atomic E-state index is 0.0704. The summed E-state index contributed by atoms with van der Waals surface area (Å²) >= 11 is 0. The number of hydrogen-bond donors (Lipinski definition) is 0. The molecule has 0 aliphatic carbocycles. The maximum absolute atomic E-state index is 11.3. The molecule has 0 saturated heterocycles. The van der Waals surface area contributed by atoms with Crippen molar-refractivity contribution >= 4 is 0 Å². The molecule has 16 heavy (non-hydrogen) atoms. The second-order valence-electron chi connectivity index (χ2n) is 3.44. The molecule has 0 aromatic heterocycles. The Hall–Kier alpha value is -2.22. The van der Waals surface area contributed by atoms with Gasteiger partial charge in [-0.15, -0.1) is 0 Å². The van der Waals surface area contributed by atoms with E-state index in [0.717, 1.165) is 11.1 Å². The van der Waals surface area contributed by atoms with Crippen molar-refractivity contribution in [3.05, 3.63) is 81.1 Å². The predicted molar refractivity (Wildman–Crippen MR) is 64.4 cm³/mol. The van der Waals surface area contributed by atoms with Gasteiger partial charge in [0.2, 0.25) is 0 Å². The van der Waals surface area contributed by atoms with Crippen LogP contribution in [-0.2, 0) is 0 Å². The first-order valence-electron chi connectivity index (χ1n) is 4.97. The second-order valence-corrected chi connectivity index (χ2v) is 3.44. The van der Waals surface area contributed by atoms with Crippen LogP contribution in [0.25, 0.3) is 11.1 Å². The molecule has 0 heterocycles. The zero-order valence-corrected chi connectivity index (χ0v) is 8.59. The van der Waals surface area contributed by atoms with E-state index in [4.69, 9.17) is 0 Å². The summed E-state index contributed by atoms with van der Waals surface area (Å²) in [7, 11) is 0. The molecule has 2 nitrogen and oxygen atoms in total. The normalized spacial score (nSPS) is 9.75. The standard InChI is InChI=1S/C14H10O2/c15-13-7-3-1-5-11(9-13)12-6-2-4-8-14(16)10-12/h1-10H. The molecule has 2 aromatic rings. The topological polar surface area (TPSA) is 34.1 Å². The predicted octanol–water partition coefficient (Wildman–Crippen LogP) is 2.07. The van der Waals surface area contributed by atoms with Crippen LogP contribution in [0, 0.1) is 0 Å². The maximum Gasteiger partial charge on any atom is 0.179 e. The van der Waals surface area contributed by atoms with Gasteiger partial charge in [0.15, 0.2) is 10.9 Å². The lowest BCUT2D eigenvalue weighted by molar-refractivity contribution is 1.62. The highest BCUT2D eigenvalue weighted by atomic mass is 16.1. The summed E-state index contributed by atoms with van der Waals surface area (Å²) in [5, 5.41) is 0. The summed E-state index contributed by atoms with van der Waals surface area (Å²) in [6.45, 7) is 0. The van der Waals surface area contributed by atoms with Gasteiger partial charge in [0.25, 0.3) is 0 Å². The van der Waals surface area contributed by atoms with E-state index < -0.39 is 0 Å². The van der Waals surface area contributed by atoms with Crippen LogP contribution in [0.4, 0.5) is 0 Å². The molecule has 0 atom stereocenters. The zero-order valence-electron chi connectivity index (χ0n) is 8.59. The van der Waals surface area contributed by atoms with Gasteiger partial charge in [0.05, 0.1) is 0 Å². The third-order valence-electron chi connectivity index (χ3n) is 2.22. The Balaban J connectivity index is 2.70. The SMILES string of the molecule is O=c1ccccc(-c2ccccc(=O)c2)c1. The lowest BCUT2D eigenvalue weighted by Crippen LogP contribution is -1.93. The summed E-state index contributed by atoms with van der Waals surface area (Å²) in [5.41, 5.74) is 1.37. The first kappa shape index (κ1) is 10.3. The Morgan fingerprint density at radius 2 is 0.938 bits per heavy atom. The number of hydrogen-bond acceptors (Lipinski definition) is 2. The quantitative estimate of drug-likeness (QED) is 0.722. The van der Waals surface area contributed by atoms with Crippen molar-refractivity contribution < 1.29 is 0 Å². The second kappa shape index (κ2) is 4.53. The van der Waals surface area contributed by atoms with Crippen LogP contribution in [0.15, 0.2) is 70.3 Å². The molecule has 0 aliphatic heterocycles. The van der Waals surface area contributed by atoms with Gasteiger partial charge in [0, 0.05) is 0 Å². The monoisotopic (exact) mass is 210 g/mol. The van der Waals surface area contributed by atoms with E-state index in [1.807, 2.05) is 12.1 Å². The van der Waals surface area contributed by atoms with E-state index in [2.05, 4.69) is 0 Å². The maximum atomic E-state index is 11.3. The Morgan fingerprint density at radius 3 is 1.38 bits per heavy atom. The molecule has 78 valence electrons. The van der Waals surface area contributed by atoms with E-state index >= 15 is 0 Å². The van der Waals surface area contributed by atoms with Crippen LogP contribution in [0.2, 0.25) is 0 Å². The van der Waals surface area contributed by atoms with Gasteiger partial charge in [-0.2, -0.15) is 0 Å². The molecule has 0 aliphatic rings. The van der Waals surface area contributed by atoms with E-state index in [1.165, 1.54) is 24.3 Å². The van der Waals surface area contributed by atoms with E-state index in [1.54, 1.807) is 24.3 Å². The van der Waals surface area contributed by atoms with Gasteiger partial charge in [-0.05, 0) is 35.4 Å². The highest BCUT2D eigenvalue weighted by Crippen LogP contribution is 2.13. The van der Waals surface area contributed by atoms with Gasteiger partial charge in [-0.25, -0.2) is 0 Å². The fourth-order valence-electron chi connectivity index (χ4n) is 1.48. The van der Waals surface area contributed by atoms with Crippen LogP contribution < -0.4 is 10.9 Å². The van der Waals surface area contributed by atoms with Crippen molar-refractivity contribution in [3.8, 4) is 11.1 Å². The molecule has 0 N–H and O–H groups in total. The van der Waals surface area contributed by atoms with Gasteiger partial charge < -0.3 is 0 Å². The largest absolute Gasteiger partial charge is 0.290 e. The number of rotatable bonds is 1. The highest BCUT2D eigenvalue weighted by molar-refractivity contribution is 5.62. The average molecular weight is 210 g/mol. The van der Waals surface area contributed by atoms with E-state index in [0.29, 0.717) is 0 Å². The Labute approximate surface area is 92.8 Å². The molecule has 2 rings (SSSR count). The summed E-state index contributed by atoms with van der Waals surface area (Å²) in [6, 6.07) is 16.6. The first-order valence-corrected chi connectivity index (χ1v) is 4.97. The zero-order chi connectivity index (χ0) is 11.4. The third kappa shape index (κ3) is 2.42. The molecule has 0 unspecified atom stereocenters. The lowest BCUT2D eigenvalue weighted by Gasteiger charge is -1.92. The van der Waals surface area contributed by atoms with Crippen LogP contribution in [0.1, 0.15) is 0 Å². The Kier molecular flexibility index (Phi) is 2.92. The van der Waals surface area contributed by atoms with Gasteiger partial charge in [0.1, 0.15) is 0 Å². The first-order chi connectivity index (χ1) is 7.75. The summed E-state index contributed by atoms with van der Waals surface area (Å²) in [6.07, 6.45) is 0. The highest BCUT2D eigenvalue weighted by Gasteiger charge is 1.95. The van der Waals surface area contributed by atoms with Crippen LogP contribution in [0.3, 0.4) is 0 Å². The third-order valence-corrected chi connectivity index (χ3v) is 2.22. The Bertz CT molecular complexity index is 561. The van der Waals surface area contributed by atoms with Gasteiger partial charge in [-0.3, -0.25) is 9.59 Å². The van der Waals surface area contributed by atoms with Crippen molar-refractivity contribution in [2.45, 2.75) is 0 Å². The molecular weight excluding hydrogens is 200 g/mol. The molecule has 0 fully saturated rings. The molecule has 0 spiro atoms. The molecule has 0 saturated carbocycles. The molecular formula is C14H10O2. The molecule has 0 amide bonds. The van der Waals surface area contributed by atoms with Gasteiger partial charge >= 0.3 is 0 Å².